The third-order valence-electron chi connectivity index (χ3n) is 3.84. The molecule has 2 heterocycles. The van der Waals surface area contributed by atoms with E-state index in [2.05, 4.69) is 15.0 Å². The van der Waals surface area contributed by atoms with Crippen molar-refractivity contribution in [1.82, 2.24) is 10.2 Å². The molecular weight excluding hydrogens is 288 g/mol. The van der Waals surface area contributed by atoms with Gasteiger partial charge in [0.2, 0.25) is 0 Å². The Bertz CT molecular complexity index is 652. The summed E-state index contributed by atoms with van der Waals surface area (Å²) in [7, 11) is 1.86. The van der Waals surface area contributed by atoms with Gasteiger partial charge in [-0.25, -0.2) is 0 Å². The fraction of sp³-hybridized carbons (Fsp3) is 0.312. The molecule has 0 fully saturated rings. The maximum absolute atomic E-state index is 12.2. The van der Waals surface area contributed by atoms with E-state index < -0.39 is 12.2 Å². The van der Waals surface area contributed by atoms with Crippen LogP contribution in [0.5, 0.6) is 5.75 Å². The second-order valence-corrected chi connectivity index (χ2v) is 5.44. The zero-order valence-corrected chi connectivity index (χ0v) is 12.4. The lowest BCUT2D eigenvalue weighted by Gasteiger charge is -2.24. The highest BCUT2D eigenvalue weighted by Crippen LogP contribution is 2.34. The van der Waals surface area contributed by atoms with Crippen LogP contribution in [-0.2, 0) is 5.54 Å². The highest BCUT2D eigenvalue weighted by Gasteiger charge is 2.36. The highest BCUT2D eigenvalue weighted by molar-refractivity contribution is 5.97. The number of hydrogen-bond donors (Lipinski definition) is 1. The second kappa shape index (κ2) is 5.44. The summed E-state index contributed by atoms with van der Waals surface area (Å²) in [5, 5.41) is 3.09. The Labute approximate surface area is 127 Å². The maximum atomic E-state index is 12.2. The van der Waals surface area contributed by atoms with E-state index in [1.807, 2.05) is 32.3 Å². The minimum Gasteiger partial charge on any atom is -0.435 e. The summed E-state index contributed by atoms with van der Waals surface area (Å²) in [4.78, 5) is 6.86. The van der Waals surface area contributed by atoms with Crippen molar-refractivity contribution in [2.75, 3.05) is 13.6 Å². The number of hydrogen-bond acceptors (Lipinski definition) is 4. The first kappa shape index (κ1) is 14.6. The van der Waals surface area contributed by atoms with Gasteiger partial charge in [-0.05, 0) is 30.7 Å². The number of benzene rings is 1. The van der Waals surface area contributed by atoms with Crippen molar-refractivity contribution >= 4 is 5.84 Å². The number of allylic oxidation sites excluding steroid dienone is 1. The van der Waals surface area contributed by atoms with Gasteiger partial charge in [0.05, 0.1) is 6.54 Å². The number of likely N-dealkylation sites (N-methyl/N-ethyl adjacent to an activating group) is 1. The summed E-state index contributed by atoms with van der Waals surface area (Å²) in [6.45, 7) is -0.0685. The molecule has 2 aliphatic heterocycles. The summed E-state index contributed by atoms with van der Waals surface area (Å²) in [5.41, 5.74) is 1.55. The van der Waals surface area contributed by atoms with Gasteiger partial charge in [0, 0.05) is 25.0 Å². The molecule has 0 aromatic heterocycles. The van der Waals surface area contributed by atoms with Crippen molar-refractivity contribution in [1.29, 1.82) is 0 Å². The topological polar surface area (TPSA) is 36.9 Å². The molecule has 1 aromatic rings. The van der Waals surface area contributed by atoms with Crippen LogP contribution in [0.25, 0.3) is 0 Å². The summed E-state index contributed by atoms with van der Waals surface area (Å²) in [6.07, 6.45) is 5.97. The Balaban J connectivity index is 1.84. The molecule has 0 aliphatic carbocycles. The maximum Gasteiger partial charge on any atom is 0.387 e. The van der Waals surface area contributed by atoms with Gasteiger partial charge in [0.15, 0.2) is 0 Å². The van der Waals surface area contributed by atoms with E-state index in [9.17, 15) is 8.78 Å². The minimum atomic E-state index is -2.81. The molecule has 1 aromatic carbocycles. The molecule has 0 amide bonds. The lowest BCUT2D eigenvalue weighted by Crippen LogP contribution is -2.30. The van der Waals surface area contributed by atoms with Crippen molar-refractivity contribution in [2.24, 2.45) is 4.99 Å². The number of aliphatic imine (C=N–C) groups is 1. The number of fused-ring (bicyclic) bond motifs is 1. The highest BCUT2D eigenvalue weighted by atomic mass is 19.3. The number of ether oxygens (including phenoxy) is 1. The van der Waals surface area contributed by atoms with Gasteiger partial charge in [-0.2, -0.15) is 8.78 Å². The summed E-state index contributed by atoms with van der Waals surface area (Å²) in [6, 6.07) is 6.67. The first-order valence-corrected chi connectivity index (χ1v) is 7.00. The van der Waals surface area contributed by atoms with E-state index in [0.29, 0.717) is 6.54 Å². The Morgan fingerprint density at radius 1 is 1.32 bits per heavy atom. The van der Waals surface area contributed by atoms with Crippen LogP contribution in [0.15, 0.2) is 53.3 Å². The van der Waals surface area contributed by atoms with Crippen LogP contribution in [0.4, 0.5) is 8.78 Å². The molecule has 22 heavy (non-hydrogen) atoms. The fourth-order valence-corrected chi connectivity index (χ4v) is 2.67. The predicted molar refractivity (Wildman–Crippen MR) is 80.8 cm³/mol. The van der Waals surface area contributed by atoms with Crippen molar-refractivity contribution in [3.8, 4) is 5.75 Å². The quantitative estimate of drug-likeness (QED) is 0.929. The van der Waals surface area contributed by atoms with E-state index in [1.165, 1.54) is 0 Å². The molecule has 4 nitrogen and oxygen atoms in total. The number of alkyl halides is 2. The zero-order valence-electron chi connectivity index (χ0n) is 12.4. The molecule has 2 aliphatic rings. The van der Waals surface area contributed by atoms with Crippen molar-refractivity contribution in [3.05, 3.63) is 53.9 Å². The third-order valence-corrected chi connectivity index (χ3v) is 3.84. The minimum absolute atomic E-state index is 0.156. The first-order valence-electron chi connectivity index (χ1n) is 7.00. The average molecular weight is 305 g/mol. The van der Waals surface area contributed by atoms with Crippen LogP contribution in [0.1, 0.15) is 12.5 Å². The van der Waals surface area contributed by atoms with Gasteiger partial charge in [-0.1, -0.05) is 12.1 Å². The lowest BCUT2D eigenvalue weighted by molar-refractivity contribution is -0.0498. The molecule has 116 valence electrons. The standard InChI is InChI=1S/C16H17F2N3O/c1-16(11-3-5-13(6-4-11)22-15(17)18)10-21-8-7-12(19-2)9-14(21)20-16/h3-9,15,19H,10H2,1-2H3. The third kappa shape index (κ3) is 2.68. The molecule has 0 radical (unpaired) electrons. The number of halogens is 2. The van der Waals surface area contributed by atoms with Crippen LogP contribution in [0.3, 0.4) is 0 Å². The van der Waals surface area contributed by atoms with Crippen molar-refractivity contribution in [2.45, 2.75) is 19.1 Å². The molecule has 1 N–H and O–H groups in total. The first-order chi connectivity index (χ1) is 10.5. The number of rotatable bonds is 4. The second-order valence-electron chi connectivity index (χ2n) is 5.44. The van der Waals surface area contributed by atoms with Crippen LogP contribution in [0.2, 0.25) is 0 Å². The Hall–Kier alpha value is -2.37. The molecular formula is C16H17F2N3O. The van der Waals surface area contributed by atoms with Gasteiger partial charge in [-0.15, -0.1) is 0 Å². The van der Waals surface area contributed by atoms with Crippen LogP contribution < -0.4 is 10.1 Å². The summed E-state index contributed by atoms with van der Waals surface area (Å²) < 4.78 is 28.8. The number of nitrogens with zero attached hydrogens (tertiary/aromatic N) is 2. The molecule has 1 atom stereocenters. The van der Waals surface area contributed by atoms with Crippen LogP contribution >= 0.6 is 0 Å². The van der Waals surface area contributed by atoms with Gasteiger partial charge in [0.25, 0.3) is 0 Å². The predicted octanol–water partition coefficient (Wildman–Crippen LogP) is 2.85. The Kier molecular flexibility index (Phi) is 3.60. The lowest BCUT2D eigenvalue weighted by atomic mass is 9.93. The molecule has 0 saturated carbocycles. The van der Waals surface area contributed by atoms with Gasteiger partial charge < -0.3 is 15.0 Å². The summed E-state index contributed by atoms with van der Waals surface area (Å²) >= 11 is 0. The van der Waals surface area contributed by atoms with E-state index >= 15 is 0 Å². The summed E-state index contributed by atoms with van der Waals surface area (Å²) in [5.74, 6) is 1.05. The fourth-order valence-electron chi connectivity index (χ4n) is 2.67. The Morgan fingerprint density at radius 3 is 2.68 bits per heavy atom. The smallest absolute Gasteiger partial charge is 0.387 e. The largest absolute Gasteiger partial charge is 0.435 e. The van der Waals surface area contributed by atoms with Gasteiger partial charge in [-0.3, -0.25) is 4.99 Å². The van der Waals surface area contributed by atoms with Crippen molar-refractivity contribution < 1.29 is 13.5 Å². The zero-order chi connectivity index (χ0) is 15.7. The molecule has 0 spiro atoms. The Morgan fingerprint density at radius 2 is 2.05 bits per heavy atom. The van der Waals surface area contributed by atoms with E-state index in [1.54, 1.807) is 24.3 Å². The van der Waals surface area contributed by atoms with Gasteiger partial charge >= 0.3 is 6.61 Å². The molecule has 3 rings (SSSR count). The number of nitrogens with one attached hydrogen (secondary N) is 1. The molecule has 0 bridgehead atoms. The molecule has 6 heteroatoms. The van der Waals surface area contributed by atoms with Crippen LogP contribution in [0, 0.1) is 0 Å². The van der Waals surface area contributed by atoms with E-state index in [-0.39, 0.29) is 5.75 Å². The van der Waals surface area contributed by atoms with E-state index in [0.717, 1.165) is 17.1 Å². The molecule has 1 unspecified atom stereocenters. The molecule has 0 saturated heterocycles. The normalized spacial score (nSPS) is 23.2. The SMILES string of the molecule is CNC1=CC2=NC(C)(c3ccc(OC(F)F)cc3)CN2C=C1. The average Bonchev–Trinajstić information content (AvgIpc) is 2.83. The van der Waals surface area contributed by atoms with Crippen LogP contribution in [-0.4, -0.2) is 30.9 Å². The van der Waals surface area contributed by atoms with E-state index in [4.69, 9.17) is 4.99 Å². The monoisotopic (exact) mass is 305 g/mol. The number of amidine groups is 1. The van der Waals surface area contributed by atoms with Gasteiger partial charge in [0.1, 0.15) is 17.1 Å². The van der Waals surface area contributed by atoms with Crippen molar-refractivity contribution in [3.63, 3.8) is 0 Å².